The van der Waals surface area contributed by atoms with Crippen molar-refractivity contribution in [3.8, 4) is 0 Å². The molecule has 3 amide bonds. The van der Waals surface area contributed by atoms with Gasteiger partial charge in [-0.1, -0.05) is 29.8 Å². The van der Waals surface area contributed by atoms with E-state index >= 15 is 0 Å². The fourth-order valence-corrected chi connectivity index (χ4v) is 4.69. The molecule has 0 saturated carbocycles. The topological polar surface area (TPSA) is 128 Å². The van der Waals surface area contributed by atoms with Gasteiger partial charge < -0.3 is 30.3 Å². The van der Waals surface area contributed by atoms with Gasteiger partial charge in [-0.05, 0) is 54.1 Å². The Morgan fingerprint density at radius 3 is 2.27 bits per heavy atom. The number of methoxy groups -OCH3 is 1. The van der Waals surface area contributed by atoms with Crippen LogP contribution in [0.3, 0.4) is 0 Å². The molecule has 1 atom stereocenters. The zero-order valence-corrected chi connectivity index (χ0v) is 22.9. The van der Waals surface area contributed by atoms with Crippen LogP contribution < -0.4 is 15.5 Å². The molecule has 0 radical (unpaired) electrons. The molecule has 0 spiro atoms. The summed E-state index contributed by atoms with van der Waals surface area (Å²) in [4.78, 5) is 53.4. The number of carbonyl (C=O) groups excluding carboxylic acids is 3. The van der Waals surface area contributed by atoms with Crippen LogP contribution in [0.1, 0.15) is 38.7 Å². The number of aliphatic carboxylic acids is 1. The van der Waals surface area contributed by atoms with Crippen molar-refractivity contribution in [1.29, 1.82) is 0 Å². The maximum Gasteiger partial charge on any atom is 0.409 e. The van der Waals surface area contributed by atoms with Crippen molar-refractivity contribution < 1.29 is 33.4 Å². The monoisotopic (exact) mass is 582 g/mol. The van der Waals surface area contributed by atoms with Gasteiger partial charge in [-0.3, -0.25) is 14.4 Å². The number of carboxylic acid groups (broad SMARTS) is 1. The Hall–Kier alpha value is -4.64. The fraction of sp³-hybridized carbons (Fsp3) is 0.241. The number of carbonyl (C=O) groups is 4. The quantitative estimate of drug-likeness (QED) is 0.355. The number of hydrogen-bond donors (Lipinski definition) is 3. The molecular weight excluding hydrogens is 555 g/mol. The number of ether oxygens (including phenoxy) is 1. The second-order valence-corrected chi connectivity index (χ2v) is 9.75. The summed E-state index contributed by atoms with van der Waals surface area (Å²) in [5.41, 5.74) is 1.87. The SMILES string of the molecule is COC(=O)N1CCN(c2ccc(C(=O)NC(CC(=O)O)c3ccc(F)cc3)cc2NC(=O)c2cccc(Cl)c2)CC1. The summed E-state index contributed by atoms with van der Waals surface area (Å²) in [5, 5.41) is 15.3. The third-order valence-corrected chi connectivity index (χ3v) is 6.84. The first-order chi connectivity index (χ1) is 19.6. The number of benzene rings is 3. The Morgan fingerprint density at radius 1 is 0.951 bits per heavy atom. The van der Waals surface area contributed by atoms with Crippen LogP contribution >= 0.6 is 11.6 Å². The highest BCUT2D eigenvalue weighted by Gasteiger charge is 2.25. The lowest BCUT2D eigenvalue weighted by molar-refractivity contribution is -0.137. The van der Waals surface area contributed by atoms with E-state index in [1.807, 2.05) is 4.90 Å². The Balaban J connectivity index is 1.62. The number of carboxylic acids is 1. The normalized spacial score (nSPS) is 13.7. The summed E-state index contributed by atoms with van der Waals surface area (Å²) in [5.74, 6) is -2.66. The van der Waals surface area contributed by atoms with E-state index in [-0.39, 0.29) is 5.56 Å². The minimum absolute atomic E-state index is 0.167. The lowest BCUT2D eigenvalue weighted by Gasteiger charge is -2.36. The molecular formula is C29H28ClFN4O6. The predicted molar refractivity (Wildman–Crippen MR) is 151 cm³/mol. The molecule has 1 unspecified atom stereocenters. The van der Waals surface area contributed by atoms with Crippen molar-refractivity contribution in [2.45, 2.75) is 12.5 Å². The van der Waals surface area contributed by atoms with Crippen LogP contribution in [0.25, 0.3) is 0 Å². The van der Waals surface area contributed by atoms with Crippen molar-refractivity contribution in [1.82, 2.24) is 10.2 Å². The molecule has 3 aromatic carbocycles. The summed E-state index contributed by atoms with van der Waals surface area (Å²) in [6.45, 7) is 1.69. The summed E-state index contributed by atoms with van der Waals surface area (Å²) in [6.07, 6.45) is -0.846. The molecule has 0 bridgehead atoms. The molecule has 1 heterocycles. The lowest BCUT2D eigenvalue weighted by Crippen LogP contribution is -2.49. The maximum absolute atomic E-state index is 13.4. The highest BCUT2D eigenvalue weighted by Crippen LogP contribution is 2.30. The van der Waals surface area contributed by atoms with Gasteiger partial charge in [0.2, 0.25) is 0 Å². The van der Waals surface area contributed by atoms with Crippen molar-refractivity contribution in [3.05, 3.63) is 94.3 Å². The minimum atomic E-state index is -1.14. The molecule has 0 aromatic heterocycles. The molecule has 214 valence electrons. The van der Waals surface area contributed by atoms with Crippen LogP contribution in [0.5, 0.6) is 0 Å². The molecule has 10 nitrogen and oxygen atoms in total. The molecule has 12 heteroatoms. The Kier molecular flexibility index (Phi) is 9.41. The standard InChI is InChI=1S/C29H28ClFN4O6/c1-41-29(40)35-13-11-34(12-14-35)25-10-7-20(16-24(25)33-27(38)19-3-2-4-21(30)15-19)28(39)32-23(17-26(36)37)18-5-8-22(31)9-6-18/h2-10,15-16,23H,11-14,17H2,1H3,(H,32,39)(H,33,38)(H,36,37). The molecule has 1 aliphatic rings. The lowest BCUT2D eigenvalue weighted by atomic mass is 10.0. The molecule has 3 aromatic rings. The molecule has 1 aliphatic heterocycles. The van der Waals surface area contributed by atoms with Crippen LogP contribution in [0.15, 0.2) is 66.7 Å². The van der Waals surface area contributed by atoms with Gasteiger partial charge >= 0.3 is 12.1 Å². The number of piperazine rings is 1. The Morgan fingerprint density at radius 2 is 1.63 bits per heavy atom. The van der Waals surface area contributed by atoms with E-state index in [9.17, 15) is 28.7 Å². The smallest absolute Gasteiger partial charge is 0.409 e. The number of amides is 3. The highest BCUT2D eigenvalue weighted by molar-refractivity contribution is 6.31. The van der Waals surface area contributed by atoms with Crippen LogP contribution in [0.4, 0.5) is 20.6 Å². The zero-order chi connectivity index (χ0) is 29.5. The number of nitrogens with zero attached hydrogens (tertiary/aromatic N) is 2. The van der Waals surface area contributed by atoms with Crippen molar-refractivity contribution in [2.75, 3.05) is 43.5 Å². The molecule has 3 N–H and O–H groups in total. The second kappa shape index (κ2) is 13.1. The van der Waals surface area contributed by atoms with E-state index in [1.54, 1.807) is 35.2 Å². The Labute approximate surface area is 240 Å². The third kappa shape index (κ3) is 7.52. The number of hydrogen-bond acceptors (Lipinski definition) is 6. The maximum atomic E-state index is 13.4. The summed E-state index contributed by atoms with van der Waals surface area (Å²) in [6, 6.07) is 15.4. The molecule has 1 saturated heterocycles. The summed E-state index contributed by atoms with van der Waals surface area (Å²) < 4.78 is 18.2. The summed E-state index contributed by atoms with van der Waals surface area (Å²) in [7, 11) is 1.32. The van der Waals surface area contributed by atoms with Crippen LogP contribution in [0.2, 0.25) is 5.02 Å². The largest absolute Gasteiger partial charge is 0.481 e. The van der Waals surface area contributed by atoms with Gasteiger partial charge in [0.25, 0.3) is 11.8 Å². The molecule has 41 heavy (non-hydrogen) atoms. The first-order valence-corrected chi connectivity index (χ1v) is 13.1. The van der Waals surface area contributed by atoms with E-state index in [2.05, 4.69) is 10.6 Å². The van der Waals surface area contributed by atoms with E-state index in [0.29, 0.717) is 53.7 Å². The molecule has 4 rings (SSSR count). The van der Waals surface area contributed by atoms with Gasteiger partial charge in [0.1, 0.15) is 5.82 Å². The van der Waals surface area contributed by atoms with Crippen molar-refractivity contribution >= 4 is 46.9 Å². The summed E-state index contributed by atoms with van der Waals surface area (Å²) >= 11 is 6.06. The zero-order valence-electron chi connectivity index (χ0n) is 22.1. The predicted octanol–water partition coefficient (Wildman–Crippen LogP) is 4.57. The average molecular weight is 583 g/mol. The number of nitrogens with one attached hydrogen (secondary N) is 2. The van der Waals surface area contributed by atoms with Gasteiger partial charge in [-0.25, -0.2) is 9.18 Å². The van der Waals surface area contributed by atoms with E-state index in [4.69, 9.17) is 16.3 Å². The number of anilines is 2. The minimum Gasteiger partial charge on any atom is -0.481 e. The van der Waals surface area contributed by atoms with Crippen LogP contribution in [-0.4, -0.2) is 67.2 Å². The molecule has 1 fully saturated rings. The van der Waals surface area contributed by atoms with Crippen molar-refractivity contribution in [2.24, 2.45) is 0 Å². The first-order valence-electron chi connectivity index (χ1n) is 12.7. The third-order valence-electron chi connectivity index (χ3n) is 6.60. The first kappa shape index (κ1) is 29.3. The van der Waals surface area contributed by atoms with E-state index in [0.717, 1.165) is 0 Å². The fourth-order valence-electron chi connectivity index (χ4n) is 4.50. The number of rotatable bonds is 8. The van der Waals surface area contributed by atoms with E-state index in [1.165, 1.54) is 43.5 Å². The Bertz CT molecular complexity index is 1440. The van der Waals surface area contributed by atoms with Gasteiger partial charge in [0.15, 0.2) is 0 Å². The highest BCUT2D eigenvalue weighted by atomic mass is 35.5. The van der Waals surface area contributed by atoms with Gasteiger partial charge in [-0.15, -0.1) is 0 Å². The van der Waals surface area contributed by atoms with Gasteiger partial charge in [-0.2, -0.15) is 0 Å². The van der Waals surface area contributed by atoms with Gasteiger partial charge in [0.05, 0.1) is 30.9 Å². The van der Waals surface area contributed by atoms with Crippen LogP contribution in [0, 0.1) is 5.82 Å². The molecule has 0 aliphatic carbocycles. The van der Waals surface area contributed by atoms with Gasteiger partial charge in [0, 0.05) is 42.3 Å². The van der Waals surface area contributed by atoms with Crippen LogP contribution in [-0.2, 0) is 9.53 Å². The van der Waals surface area contributed by atoms with Crippen molar-refractivity contribution in [3.63, 3.8) is 0 Å². The second-order valence-electron chi connectivity index (χ2n) is 9.32. The average Bonchev–Trinajstić information content (AvgIpc) is 2.96. The van der Waals surface area contributed by atoms with E-state index < -0.39 is 42.2 Å². The number of halogens is 2.